The van der Waals surface area contributed by atoms with E-state index < -0.39 is 80.7 Å². The molecular weight excluding hydrogens is 853 g/mol. The predicted molar refractivity (Wildman–Crippen MR) is 237 cm³/mol. The minimum atomic E-state index is -1.47. The van der Waals surface area contributed by atoms with Gasteiger partial charge in [-0.15, -0.1) is 0 Å². The number of carbonyl (C=O) groups excluding carboxylic acids is 3. The zero-order valence-electron chi connectivity index (χ0n) is 39.3. The van der Waals surface area contributed by atoms with Crippen molar-refractivity contribution in [3.8, 4) is 0 Å². The second-order valence-corrected chi connectivity index (χ2v) is 25.6. The lowest BCUT2D eigenvalue weighted by molar-refractivity contribution is -0.282. The molecule has 8 heterocycles. The van der Waals surface area contributed by atoms with Crippen LogP contribution in [0, 0.1) is 80.3 Å². The summed E-state index contributed by atoms with van der Waals surface area (Å²) in [6, 6.07) is 2.39. The highest BCUT2D eigenvalue weighted by atomic mass is 16.7. The van der Waals surface area contributed by atoms with Crippen molar-refractivity contribution in [3.63, 3.8) is 0 Å². The normalized spacial score (nSPS) is 54.7. The number of allylic oxidation sites excluding steroid dienone is 1. The van der Waals surface area contributed by atoms with E-state index >= 15 is 9.59 Å². The Balaban J connectivity index is 0.879. The van der Waals surface area contributed by atoms with Crippen LogP contribution in [-0.4, -0.2) is 106 Å². The van der Waals surface area contributed by atoms with Crippen LogP contribution >= 0.6 is 0 Å². The lowest BCUT2D eigenvalue weighted by Gasteiger charge is -2.70. The largest absolute Gasteiger partial charge is 0.469 e. The van der Waals surface area contributed by atoms with Crippen molar-refractivity contribution in [1.82, 2.24) is 10.2 Å². The number of Topliss-reactive ketones (excluding diaryl/α,β-unsaturated/α-hetero) is 1. The van der Waals surface area contributed by atoms with Gasteiger partial charge in [-0.2, -0.15) is 0 Å². The number of rotatable bonds is 6. The zero-order valence-corrected chi connectivity index (χ0v) is 39.3. The van der Waals surface area contributed by atoms with Gasteiger partial charge in [0.15, 0.2) is 11.9 Å². The third-order valence-electron chi connectivity index (χ3n) is 24.0. The molecule has 1 aromatic heterocycles. The number of ether oxygens (including phenoxy) is 4. The first-order chi connectivity index (χ1) is 32.2. The summed E-state index contributed by atoms with van der Waals surface area (Å²) >= 11 is 0. The fourth-order valence-corrected chi connectivity index (χ4v) is 22.2. The summed E-state index contributed by atoms with van der Waals surface area (Å²) in [7, 11) is 0. The number of epoxide rings is 1. The molecule has 0 radical (unpaired) electrons. The van der Waals surface area contributed by atoms with E-state index in [1.807, 2.05) is 13.0 Å². The number of carbonyl (C=O) groups is 3. The van der Waals surface area contributed by atoms with Crippen LogP contribution in [0.2, 0.25) is 0 Å². The van der Waals surface area contributed by atoms with Crippen molar-refractivity contribution >= 4 is 17.7 Å². The Labute approximate surface area is 392 Å². The van der Waals surface area contributed by atoms with E-state index in [0.717, 1.165) is 89.4 Å². The monoisotopic (exact) mass is 920 g/mol. The summed E-state index contributed by atoms with van der Waals surface area (Å²) in [6.07, 6.45) is 16.7. The van der Waals surface area contributed by atoms with Gasteiger partial charge < -0.3 is 43.6 Å². The Bertz CT molecular complexity index is 2460. The maximum atomic E-state index is 15.8. The fraction of sp³-hybridized carbons (Fsp3) is 0.796. The van der Waals surface area contributed by atoms with Gasteiger partial charge in [0.05, 0.1) is 48.5 Å². The van der Waals surface area contributed by atoms with Crippen LogP contribution in [0.25, 0.3) is 0 Å². The van der Waals surface area contributed by atoms with E-state index in [9.17, 15) is 20.1 Å². The number of fused-ring (bicyclic) bond motifs is 5. The summed E-state index contributed by atoms with van der Waals surface area (Å²) in [5.41, 5.74) is -5.11. The molecule has 21 atom stereocenters. The van der Waals surface area contributed by atoms with E-state index in [-0.39, 0.29) is 60.0 Å². The maximum Gasteiger partial charge on any atom is 0.339 e. The van der Waals surface area contributed by atoms with Crippen molar-refractivity contribution in [1.29, 1.82) is 0 Å². The molecule has 13 heteroatoms. The van der Waals surface area contributed by atoms with Crippen molar-refractivity contribution < 1.29 is 53.1 Å². The number of cyclic esters (lactones) is 2. The minimum Gasteiger partial charge on any atom is -0.469 e. The van der Waals surface area contributed by atoms with Gasteiger partial charge in [-0.1, -0.05) is 38.8 Å². The number of ketones is 1. The molecule has 0 amide bonds. The van der Waals surface area contributed by atoms with E-state index in [4.69, 9.17) is 23.4 Å². The standard InChI is InChI=1S/C54H68N2O11/c1-47-21-29-22-51-30(9-15-50(51)12-4-5-13-50)19-31-8-14-48(2)40-38(59)42(60)49(3,39(29)52(40)25-64-45(61)41(51)53(31,52)67-48)54(47)44(66-54)46(62)65-43(47)33-11-17-63-37(33)20-34(36(58)24-57)27-6-7-32-28(18-27)10-16-56-26-55-23-35(32)56/h8,10-11,16-17,27-30,32,34-36,39-44,55,57-58,60H,4-7,9,12-15,18-26H2,1-3H3. The van der Waals surface area contributed by atoms with Gasteiger partial charge in [-0.05, 0) is 148 Å². The van der Waals surface area contributed by atoms with Crippen LogP contribution in [0.5, 0.6) is 0 Å². The molecule has 15 rings (SSSR count). The van der Waals surface area contributed by atoms with Crippen molar-refractivity contribution in [2.75, 3.05) is 26.4 Å². The quantitative estimate of drug-likeness (QED) is 0.164. The van der Waals surface area contributed by atoms with E-state index in [1.165, 1.54) is 5.57 Å². The molecule has 4 N–H and O–H groups in total. The average molecular weight is 921 g/mol. The molecule has 7 saturated carbocycles. The third-order valence-corrected chi connectivity index (χ3v) is 24.0. The highest BCUT2D eigenvalue weighted by molar-refractivity contribution is 5.94. The van der Waals surface area contributed by atoms with Crippen molar-refractivity contribution in [3.05, 3.63) is 47.6 Å². The number of hydrogen-bond donors (Lipinski definition) is 4. The van der Waals surface area contributed by atoms with Crippen LogP contribution in [0.15, 0.2) is 40.7 Å². The number of furan rings is 1. The second kappa shape index (κ2) is 12.9. The molecule has 0 aromatic carbocycles. The molecule has 13 nitrogen and oxygen atoms in total. The highest BCUT2D eigenvalue weighted by Crippen LogP contribution is 2.90. The first-order valence-electron chi connectivity index (χ1n) is 26.4. The van der Waals surface area contributed by atoms with Gasteiger partial charge in [-0.3, -0.25) is 14.9 Å². The van der Waals surface area contributed by atoms with Crippen LogP contribution in [0.4, 0.5) is 0 Å². The summed E-state index contributed by atoms with van der Waals surface area (Å²) in [5.74, 6) is -1.09. The lowest BCUT2D eigenvalue weighted by Crippen LogP contribution is -2.80. The van der Waals surface area contributed by atoms with E-state index in [1.54, 1.807) is 6.26 Å². The smallest absolute Gasteiger partial charge is 0.339 e. The van der Waals surface area contributed by atoms with Gasteiger partial charge in [-0.25, -0.2) is 4.79 Å². The van der Waals surface area contributed by atoms with Gasteiger partial charge in [0.2, 0.25) is 0 Å². The fourth-order valence-electron chi connectivity index (χ4n) is 22.2. The van der Waals surface area contributed by atoms with Gasteiger partial charge in [0, 0.05) is 35.4 Å². The number of aliphatic hydroxyl groups is 3. The minimum absolute atomic E-state index is 0.0447. The summed E-state index contributed by atoms with van der Waals surface area (Å²) < 4.78 is 34.6. The third kappa shape index (κ3) is 4.31. The average Bonchev–Trinajstić information content (AvgIpc) is 3.80. The Morgan fingerprint density at radius 3 is 2.64 bits per heavy atom. The number of esters is 2. The maximum absolute atomic E-state index is 15.8. The van der Waals surface area contributed by atoms with Crippen LogP contribution in [-0.2, 0) is 39.8 Å². The number of nitrogens with zero attached hydrogens (tertiary/aromatic N) is 1. The Morgan fingerprint density at radius 1 is 0.985 bits per heavy atom. The summed E-state index contributed by atoms with van der Waals surface area (Å²) in [4.78, 5) is 48.2. The molecule has 14 aliphatic rings. The Morgan fingerprint density at radius 2 is 1.82 bits per heavy atom. The second-order valence-electron chi connectivity index (χ2n) is 25.6. The molecule has 5 spiro atoms. The Kier molecular flexibility index (Phi) is 8.01. The first-order valence-corrected chi connectivity index (χ1v) is 26.4. The lowest BCUT2D eigenvalue weighted by atomic mass is 9.33. The zero-order chi connectivity index (χ0) is 45.6. The predicted octanol–water partition coefficient (Wildman–Crippen LogP) is 5.31. The summed E-state index contributed by atoms with van der Waals surface area (Å²) in [5, 5.41) is 39.1. The van der Waals surface area contributed by atoms with Gasteiger partial charge in [0.1, 0.15) is 35.8 Å². The molecule has 5 saturated heterocycles. The van der Waals surface area contributed by atoms with Crippen molar-refractivity contribution in [2.45, 2.75) is 158 Å². The molecule has 1 aromatic rings. The van der Waals surface area contributed by atoms with Gasteiger partial charge in [0.25, 0.3) is 0 Å². The van der Waals surface area contributed by atoms with E-state index in [2.05, 4.69) is 42.4 Å². The van der Waals surface area contributed by atoms with Crippen LogP contribution < -0.4 is 5.32 Å². The molecule has 67 heavy (non-hydrogen) atoms. The highest BCUT2D eigenvalue weighted by Gasteiger charge is 2.97. The van der Waals surface area contributed by atoms with E-state index in [0.29, 0.717) is 42.9 Å². The molecule has 21 unspecified atom stereocenters. The van der Waals surface area contributed by atoms with Crippen molar-refractivity contribution in [2.24, 2.45) is 80.3 Å². The molecule has 7 aliphatic carbocycles. The number of nitrogens with one attached hydrogen (secondary N) is 1. The SMILES string of the molecule is CC12CC=C3CC4CCC5(CCCC5)C45CC4CC6(C)C(c7ccoc7CC(C(O)CO)C7CCC8C(C=CN9CNCC89)C7)OC(=O)C7OC76C6(C)C(O)C(=O)C1C1(COC(=O)C5C31O2)C46. The molecule has 5 bridgehead atoms. The molecule has 360 valence electrons. The van der Waals surface area contributed by atoms with Gasteiger partial charge >= 0.3 is 11.9 Å². The summed E-state index contributed by atoms with van der Waals surface area (Å²) in [6.45, 7) is 7.81. The first kappa shape index (κ1) is 41.7. The molecule has 12 fully saturated rings. The topological polar surface area (TPSA) is 181 Å². The Hall–Kier alpha value is -3.07. The number of hydrogen-bond acceptors (Lipinski definition) is 13. The van der Waals surface area contributed by atoms with Crippen LogP contribution in [0.1, 0.15) is 122 Å². The molecular formula is C54H68N2O11. The van der Waals surface area contributed by atoms with Crippen LogP contribution in [0.3, 0.4) is 0 Å². The number of aliphatic hydroxyl groups excluding tert-OH is 3. The molecule has 7 aliphatic heterocycles.